The molecule has 1 saturated heterocycles. The zero-order chi connectivity index (χ0) is 17.6. The van der Waals surface area contributed by atoms with E-state index in [0.29, 0.717) is 17.4 Å². The first-order chi connectivity index (χ1) is 12.1. The second-order valence-corrected chi connectivity index (χ2v) is 7.77. The summed E-state index contributed by atoms with van der Waals surface area (Å²) in [6.07, 6.45) is 3.99. The molecule has 0 aromatic heterocycles. The van der Waals surface area contributed by atoms with Gasteiger partial charge in [-0.15, -0.1) is 0 Å². The van der Waals surface area contributed by atoms with Gasteiger partial charge < -0.3 is 16.2 Å². The summed E-state index contributed by atoms with van der Waals surface area (Å²) in [5.74, 6) is 0.921. The monoisotopic (exact) mass is 357 g/mol. The summed E-state index contributed by atoms with van der Waals surface area (Å²) in [4.78, 5) is 4.76. The topological polar surface area (TPSA) is 64.5 Å². The fraction of sp³-hybridized carbons (Fsp3) is 0.400. The molecule has 5 heteroatoms. The summed E-state index contributed by atoms with van der Waals surface area (Å²) in [5, 5.41) is 0. The smallest absolute Gasteiger partial charge is 0.119 e. The first-order valence-corrected chi connectivity index (χ1v) is 9.73. The van der Waals surface area contributed by atoms with Crippen LogP contribution in [0.25, 0.3) is 0 Å². The number of hydrogen-bond acceptors (Lipinski definition) is 5. The van der Waals surface area contributed by atoms with Gasteiger partial charge >= 0.3 is 0 Å². The lowest BCUT2D eigenvalue weighted by molar-refractivity contribution is 0.125. The van der Waals surface area contributed by atoms with E-state index in [9.17, 15) is 0 Å². The standard InChI is InChI=1S/C20H27N3OS/c1-15(23-11-3-2-4-12-23)14-24-16-5-7-17(8-6-16)25-18-9-10-19(21)20(22)13-18/h5-10,13,15H,2-4,11-12,14,21-22H2,1H3. The van der Waals surface area contributed by atoms with Crippen LogP contribution < -0.4 is 16.2 Å². The highest BCUT2D eigenvalue weighted by Crippen LogP contribution is 2.31. The van der Waals surface area contributed by atoms with Crippen molar-refractivity contribution in [2.75, 3.05) is 31.2 Å². The van der Waals surface area contributed by atoms with Gasteiger partial charge in [-0.2, -0.15) is 0 Å². The Balaban J connectivity index is 1.52. The number of nitrogens with zero attached hydrogens (tertiary/aromatic N) is 1. The van der Waals surface area contributed by atoms with Gasteiger partial charge in [0.2, 0.25) is 0 Å². The minimum Gasteiger partial charge on any atom is -0.492 e. The molecule has 1 fully saturated rings. The average molecular weight is 358 g/mol. The van der Waals surface area contributed by atoms with Crippen LogP contribution in [0, 0.1) is 0 Å². The summed E-state index contributed by atoms with van der Waals surface area (Å²) in [6.45, 7) is 5.39. The van der Waals surface area contributed by atoms with Crippen molar-refractivity contribution in [1.82, 2.24) is 4.90 Å². The Kier molecular flexibility index (Phi) is 6.10. The minimum atomic E-state index is 0.465. The molecular weight excluding hydrogens is 330 g/mol. The van der Waals surface area contributed by atoms with E-state index in [-0.39, 0.29) is 0 Å². The fourth-order valence-corrected chi connectivity index (χ4v) is 3.90. The molecule has 4 nitrogen and oxygen atoms in total. The van der Waals surface area contributed by atoms with Gasteiger partial charge in [-0.25, -0.2) is 0 Å². The molecule has 1 aliphatic heterocycles. The second-order valence-electron chi connectivity index (χ2n) is 6.62. The summed E-state index contributed by atoms with van der Waals surface area (Å²) in [5.41, 5.74) is 12.9. The Labute approximate surface area is 154 Å². The van der Waals surface area contributed by atoms with Crippen molar-refractivity contribution in [2.24, 2.45) is 0 Å². The number of likely N-dealkylation sites (tertiary alicyclic amines) is 1. The highest BCUT2D eigenvalue weighted by molar-refractivity contribution is 7.99. The number of ether oxygens (including phenoxy) is 1. The molecule has 2 aromatic rings. The molecule has 1 aliphatic rings. The zero-order valence-corrected chi connectivity index (χ0v) is 15.6. The largest absolute Gasteiger partial charge is 0.492 e. The van der Waals surface area contributed by atoms with Crippen molar-refractivity contribution in [3.8, 4) is 5.75 Å². The molecule has 0 bridgehead atoms. The van der Waals surface area contributed by atoms with Crippen LogP contribution in [-0.2, 0) is 0 Å². The van der Waals surface area contributed by atoms with E-state index in [0.717, 1.165) is 22.1 Å². The summed E-state index contributed by atoms with van der Waals surface area (Å²) in [6, 6.07) is 14.4. The van der Waals surface area contributed by atoms with Gasteiger partial charge in [0.05, 0.1) is 11.4 Å². The van der Waals surface area contributed by atoms with Crippen LogP contribution in [0.2, 0.25) is 0 Å². The molecule has 0 radical (unpaired) electrons. The highest BCUT2D eigenvalue weighted by Gasteiger charge is 2.16. The number of benzene rings is 2. The fourth-order valence-electron chi connectivity index (χ4n) is 3.04. The summed E-state index contributed by atoms with van der Waals surface area (Å²) < 4.78 is 5.97. The molecule has 134 valence electrons. The third kappa shape index (κ3) is 5.06. The normalized spacial score (nSPS) is 16.5. The maximum absolute atomic E-state index is 5.97. The lowest BCUT2D eigenvalue weighted by Crippen LogP contribution is -2.40. The maximum Gasteiger partial charge on any atom is 0.119 e. The van der Waals surface area contributed by atoms with E-state index < -0.39 is 0 Å². The number of hydrogen-bond donors (Lipinski definition) is 2. The first kappa shape index (κ1) is 18.0. The van der Waals surface area contributed by atoms with Gasteiger partial charge in [0, 0.05) is 15.8 Å². The number of anilines is 2. The Bertz CT molecular complexity index is 684. The maximum atomic E-state index is 5.97. The molecule has 0 spiro atoms. The van der Waals surface area contributed by atoms with Gasteiger partial charge in [-0.1, -0.05) is 18.2 Å². The van der Waals surface area contributed by atoms with Crippen molar-refractivity contribution in [3.63, 3.8) is 0 Å². The van der Waals surface area contributed by atoms with E-state index in [2.05, 4.69) is 24.0 Å². The van der Waals surface area contributed by atoms with E-state index >= 15 is 0 Å². The quantitative estimate of drug-likeness (QED) is 0.757. The van der Waals surface area contributed by atoms with Crippen LogP contribution in [0.3, 0.4) is 0 Å². The van der Waals surface area contributed by atoms with Crippen LogP contribution >= 0.6 is 11.8 Å². The van der Waals surface area contributed by atoms with Crippen LogP contribution in [0.15, 0.2) is 52.3 Å². The lowest BCUT2D eigenvalue weighted by Gasteiger charge is -2.32. The molecule has 1 atom stereocenters. The molecule has 25 heavy (non-hydrogen) atoms. The Morgan fingerprint density at radius 1 is 0.960 bits per heavy atom. The predicted octanol–water partition coefficient (Wildman–Crippen LogP) is 4.26. The molecule has 4 N–H and O–H groups in total. The Morgan fingerprint density at radius 3 is 2.32 bits per heavy atom. The lowest BCUT2D eigenvalue weighted by atomic mass is 10.1. The molecule has 1 unspecified atom stereocenters. The SMILES string of the molecule is CC(COc1ccc(Sc2ccc(N)c(N)c2)cc1)N1CCCCC1. The minimum absolute atomic E-state index is 0.465. The Hall–Kier alpha value is -1.85. The van der Waals surface area contributed by atoms with E-state index in [1.165, 1.54) is 32.4 Å². The van der Waals surface area contributed by atoms with E-state index in [1.54, 1.807) is 11.8 Å². The third-order valence-corrected chi connectivity index (χ3v) is 5.62. The summed E-state index contributed by atoms with van der Waals surface area (Å²) >= 11 is 1.67. The number of piperidine rings is 1. The van der Waals surface area contributed by atoms with Crippen LogP contribution in [-0.4, -0.2) is 30.6 Å². The molecule has 0 amide bonds. The van der Waals surface area contributed by atoms with Crippen molar-refractivity contribution in [3.05, 3.63) is 42.5 Å². The van der Waals surface area contributed by atoms with Crippen molar-refractivity contribution in [1.29, 1.82) is 0 Å². The van der Waals surface area contributed by atoms with E-state index in [1.807, 2.05) is 30.3 Å². The number of nitrogens with two attached hydrogens (primary N) is 2. The van der Waals surface area contributed by atoms with Crippen LogP contribution in [0.5, 0.6) is 5.75 Å². The van der Waals surface area contributed by atoms with Gasteiger partial charge in [-0.3, -0.25) is 4.90 Å². The van der Waals surface area contributed by atoms with Crippen molar-refractivity contribution < 1.29 is 4.74 Å². The predicted molar refractivity (Wildman–Crippen MR) is 106 cm³/mol. The van der Waals surface area contributed by atoms with Crippen LogP contribution in [0.1, 0.15) is 26.2 Å². The molecule has 3 rings (SSSR count). The highest BCUT2D eigenvalue weighted by atomic mass is 32.2. The average Bonchev–Trinajstić information content (AvgIpc) is 2.64. The van der Waals surface area contributed by atoms with Gasteiger partial charge in [0.1, 0.15) is 12.4 Å². The van der Waals surface area contributed by atoms with Crippen molar-refractivity contribution >= 4 is 23.1 Å². The molecule has 1 heterocycles. The zero-order valence-electron chi connectivity index (χ0n) is 14.8. The number of nitrogen functional groups attached to an aromatic ring is 2. The molecule has 0 aliphatic carbocycles. The van der Waals surface area contributed by atoms with Crippen LogP contribution in [0.4, 0.5) is 11.4 Å². The second kappa shape index (κ2) is 8.50. The third-order valence-electron chi connectivity index (χ3n) is 4.62. The van der Waals surface area contributed by atoms with E-state index in [4.69, 9.17) is 16.2 Å². The van der Waals surface area contributed by atoms with Gasteiger partial charge in [-0.05, 0) is 75.3 Å². The summed E-state index contributed by atoms with van der Waals surface area (Å²) in [7, 11) is 0. The van der Waals surface area contributed by atoms with Gasteiger partial charge in [0.15, 0.2) is 0 Å². The molecular formula is C20H27N3OS. The first-order valence-electron chi connectivity index (χ1n) is 8.91. The number of rotatable bonds is 6. The molecule has 0 saturated carbocycles. The Morgan fingerprint density at radius 2 is 1.64 bits per heavy atom. The van der Waals surface area contributed by atoms with Crippen molar-refractivity contribution in [2.45, 2.75) is 42.0 Å². The van der Waals surface area contributed by atoms with Gasteiger partial charge in [0.25, 0.3) is 0 Å². The molecule has 2 aromatic carbocycles.